The fraction of sp³-hybridized carbons (Fsp3) is 0.118. The number of pyridine rings is 1. The molecule has 3 aromatic rings. The number of nitrogens with zero attached hydrogens (tertiary/aromatic N) is 2. The van der Waals surface area contributed by atoms with Gasteiger partial charge in [0.25, 0.3) is 0 Å². The second kappa shape index (κ2) is 6.62. The van der Waals surface area contributed by atoms with E-state index in [1.807, 2.05) is 36.4 Å². The Morgan fingerprint density at radius 3 is 2.83 bits per heavy atom. The summed E-state index contributed by atoms with van der Waals surface area (Å²) in [5, 5.41) is 3.00. The van der Waals surface area contributed by atoms with E-state index < -0.39 is 0 Å². The van der Waals surface area contributed by atoms with Gasteiger partial charge in [0.15, 0.2) is 17.6 Å². The molecule has 4 rings (SSSR count). The van der Waals surface area contributed by atoms with Crippen LogP contribution in [0.15, 0.2) is 59.1 Å². The quantitative estimate of drug-likeness (QED) is 0.662. The number of thiazole rings is 1. The second-order valence-corrected chi connectivity index (χ2v) is 6.88. The normalized spacial score (nSPS) is 15.9. The molecule has 0 saturated carbocycles. The van der Waals surface area contributed by atoms with Gasteiger partial charge < -0.3 is 9.47 Å². The van der Waals surface area contributed by atoms with Gasteiger partial charge in [-0.3, -0.25) is 4.79 Å². The molecular weight excluding hydrogens is 344 g/mol. The number of para-hydroxylation sites is 2. The van der Waals surface area contributed by atoms with E-state index >= 15 is 0 Å². The van der Waals surface area contributed by atoms with Crippen LogP contribution in [-0.4, -0.2) is 21.7 Å². The van der Waals surface area contributed by atoms with Crippen LogP contribution in [0.25, 0.3) is 0 Å². The van der Waals surface area contributed by atoms with E-state index in [0.717, 1.165) is 22.5 Å². The van der Waals surface area contributed by atoms with Crippen molar-refractivity contribution in [2.45, 2.75) is 11.1 Å². The van der Waals surface area contributed by atoms with E-state index in [0.29, 0.717) is 23.1 Å². The molecule has 0 saturated heterocycles. The monoisotopic (exact) mass is 356 g/mol. The summed E-state index contributed by atoms with van der Waals surface area (Å²) in [6, 6.07) is 13.0. The predicted molar refractivity (Wildman–Crippen MR) is 91.8 cm³/mol. The first-order valence-corrected chi connectivity index (χ1v) is 8.96. The molecule has 7 heteroatoms. The van der Waals surface area contributed by atoms with Crippen LogP contribution in [0, 0.1) is 0 Å². The Hall–Kier alpha value is -2.38. The standard InChI is InChI=1S/C17H12N2O3S2/c20-17(24-15-7-3-4-8-18-15)11-10-23-16(19-11)14-9-21-12-5-1-2-6-13(12)22-14/h1-8,10,14H,9H2/t14-/m1/s1. The number of ether oxygens (including phenoxy) is 2. The number of thioether (sulfide) groups is 1. The van der Waals surface area contributed by atoms with Crippen molar-refractivity contribution in [3.05, 3.63) is 64.7 Å². The largest absolute Gasteiger partial charge is 0.485 e. The highest BCUT2D eigenvalue weighted by atomic mass is 32.2. The van der Waals surface area contributed by atoms with Crippen LogP contribution < -0.4 is 9.47 Å². The summed E-state index contributed by atoms with van der Waals surface area (Å²) < 4.78 is 11.6. The number of fused-ring (bicyclic) bond motifs is 1. The summed E-state index contributed by atoms with van der Waals surface area (Å²) in [4.78, 5) is 20.9. The molecule has 1 atom stereocenters. The van der Waals surface area contributed by atoms with E-state index in [2.05, 4.69) is 9.97 Å². The minimum Gasteiger partial charge on any atom is -0.485 e. The number of rotatable bonds is 3. The fourth-order valence-electron chi connectivity index (χ4n) is 2.23. The average molecular weight is 356 g/mol. The lowest BCUT2D eigenvalue weighted by Gasteiger charge is -2.24. The second-order valence-electron chi connectivity index (χ2n) is 4.99. The maximum Gasteiger partial charge on any atom is 0.244 e. The van der Waals surface area contributed by atoms with Gasteiger partial charge in [0, 0.05) is 11.6 Å². The number of carbonyl (C=O) groups is 1. The van der Waals surface area contributed by atoms with Crippen molar-refractivity contribution in [2.75, 3.05) is 6.61 Å². The molecule has 120 valence electrons. The summed E-state index contributed by atoms with van der Waals surface area (Å²) in [6.45, 7) is 0.380. The molecule has 0 radical (unpaired) electrons. The molecule has 24 heavy (non-hydrogen) atoms. The Kier molecular flexibility index (Phi) is 4.18. The van der Waals surface area contributed by atoms with Gasteiger partial charge in [0.2, 0.25) is 5.12 Å². The summed E-state index contributed by atoms with van der Waals surface area (Å²) in [7, 11) is 0. The molecule has 0 spiro atoms. The molecule has 1 aromatic carbocycles. The maximum atomic E-state index is 12.3. The topological polar surface area (TPSA) is 61.3 Å². The first-order chi connectivity index (χ1) is 11.8. The van der Waals surface area contributed by atoms with Crippen molar-refractivity contribution in [1.29, 1.82) is 0 Å². The molecular formula is C17H12N2O3S2. The highest BCUT2D eigenvalue weighted by molar-refractivity contribution is 8.14. The highest BCUT2D eigenvalue weighted by Crippen LogP contribution is 2.36. The number of benzene rings is 1. The summed E-state index contributed by atoms with van der Waals surface area (Å²) in [5.41, 5.74) is 0.410. The lowest BCUT2D eigenvalue weighted by atomic mass is 10.2. The molecule has 3 heterocycles. The molecule has 0 N–H and O–H groups in total. The molecule has 1 aliphatic rings. The third-order valence-corrected chi connectivity index (χ3v) is 5.13. The molecule has 0 unspecified atom stereocenters. The SMILES string of the molecule is O=C(Sc1ccccn1)c1csc([C@H]2COc3ccccc3O2)n1. The number of hydrogen-bond donors (Lipinski definition) is 0. The van der Waals surface area contributed by atoms with E-state index in [-0.39, 0.29) is 11.2 Å². The van der Waals surface area contributed by atoms with Crippen LogP contribution in [0.5, 0.6) is 11.5 Å². The first kappa shape index (κ1) is 15.2. The third-order valence-electron chi connectivity index (χ3n) is 3.35. The Morgan fingerprint density at radius 1 is 1.17 bits per heavy atom. The van der Waals surface area contributed by atoms with Crippen LogP contribution in [-0.2, 0) is 0 Å². The minimum atomic E-state index is -0.300. The van der Waals surface area contributed by atoms with E-state index in [1.165, 1.54) is 11.3 Å². The van der Waals surface area contributed by atoms with Gasteiger partial charge in [-0.25, -0.2) is 9.97 Å². The molecule has 5 nitrogen and oxygen atoms in total. The number of carbonyl (C=O) groups excluding carboxylic acids is 1. The predicted octanol–water partition coefficient (Wildman–Crippen LogP) is 3.98. The Morgan fingerprint density at radius 2 is 2.00 bits per heavy atom. The van der Waals surface area contributed by atoms with Gasteiger partial charge in [0.1, 0.15) is 22.3 Å². The average Bonchev–Trinajstić information content (AvgIpc) is 3.12. The molecule has 1 aliphatic heterocycles. The van der Waals surface area contributed by atoms with Crippen molar-refractivity contribution in [3.8, 4) is 11.5 Å². The van der Waals surface area contributed by atoms with Gasteiger partial charge in [-0.05, 0) is 36.0 Å². The summed E-state index contributed by atoms with van der Waals surface area (Å²) in [5.74, 6) is 1.42. The van der Waals surface area contributed by atoms with Crippen molar-refractivity contribution >= 4 is 28.2 Å². The first-order valence-electron chi connectivity index (χ1n) is 7.27. The summed E-state index contributed by atoms with van der Waals surface area (Å²) in [6.07, 6.45) is 1.36. The van der Waals surface area contributed by atoms with Crippen LogP contribution in [0.1, 0.15) is 21.6 Å². The van der Waals surface area contributed by atoms with Gasteiger partial charge in [-0.2, -0.15) is 0 Å². The van der Waals surface area contributed by atoms with Crippen molar-refractivity contribution in [1.82, 2.24) is 9.97 Å². The fourth-order valence-corrected chi connectivity index (χ4v) is 3.77. The Labute approximate surface area is 146 Å². The lowest BCUT2D eigenvalue weighted by Crippen LogP contribution is -2.21. The van der Waals surface area contributed by atoms with Gasteiger partial charge in [-0.15, -0.1) is 11.3 Å². The zero-order valence-corrected chi connectivity index (χ0v) is 14.0. The molecule has 0 amide bonds. The van der Waals surface area contributed by atoms with Crippen LogP contribution in [0.2, 0.25) is 0 Å². The minimum absolute atomic E-state index is 0.131. The van der Waals surface area contributed by atoms with E-state index in [9.17, 15) is 4.79 Å². The lowest BCUT2D eigenvalue weighted by molar-refractivity contribution is 0.0908. The zero-order chi connectivity index (χ0) is 16.4. The Bertz CT molecular complexity index is 867. The maximum absolute atomic E-state index is 12.3. The third kappa shape index (κ3) is 3.13. The van der Waals surface area contributed by atoms with Crippen LogP contribution in [0.3, 0.4) is 0 Å². The molecule has 0 bridgehead atoms. The van der Waals surface area contributed by atoms with Crippen molar-refractivity contribution < 1.29 is 14.3 Å². The van der Waals surface area contributed by atoms with Gasteiger partial charge in [0.05, 0.1) is 0 Å². The molecule has 2 aromatic heterocycles. The van der Waals surface area contributed by atoms with E-state index in [1.54, 1.807) is 17.6 Å². The number of aromatic nitrogens is 2. The molecule has 0 aliphatic carbocycles. The van der Waals surface area contributed by atoms with Gasteiger partial charge in [-0.1, -0.05) is 18.2 Å². The highest BCUT2D eigenvalue weighted by Gasteiger charge is 2.26. The zero-order valence-electron chi connectivity index (χ0n) is 12.4. The smallest absolute Gasteiger partial charge is 0.244 e. The molecule has 0 fully saturated rings. The van der Waals surface area contributed by atoms with Crippen LogP contribution in [0.4, 0.5) is 0 Å². The summed E-state index contributed by atoms with van der Waals surface area (Å²) >= 11 is 2.47. The van der Waals surface area contributed by atoms with Crippen molar-refractivity contribution in [3.63, 3.8) is 0 Å². The number of hydrogen-bond acceptors (Lipinski definition) is 7. The van der Waals surface area contributed by atoms with E-state index in [4.69, 9.17) is 9.47 Å². The van der Waals surface area contributed by atoms with Gasteiger partial charge >= 0.3 is 0 Å². The Balaban J connectivity index is 1.48. The van der Waals surface area contributed by atoms with Crippen LogP contribution >= 0.6 is 23.1 Å². The van der Waals surface area contributed by atoms with Crippen molar-refractivity contribution in [2.24, 2.45) is 0 Å².